The van der Waals surface area contributed by atoms with Crippen molar-refractivity contribution < 1.29 is 14.6 Å². The van der Waals surface area contributed by atoms with Gasteiger partial charge in [-0.2, -0.15) is 0 Å². The van der Waals surface area contributed by atoms with Gasteiger partial charge >= 0.3 is 5.97 Å². The van der Waals surface area contributed by atoms with E-state index in [0.717, 1.165) is 12.8 Å². The summed E-state index contributed by atoms with van der Waals surface area (Å²) in [4.78, 5) is 11.0. The van der Waals surface area contributed by atoms with E-state index in [1.54, 1.807) is 0 Å². The zero-order chi connectivity index (χ0) is 10.8. The van der Waals surface area contributed by atoms with E-state index >= 15 is 0 Å². The van der Waals surface area contributed by atoms with Crippen LogP contribution in [0.1, 0.15) is 39.0 Å². The summed E-state index contributed by atoms with van der Waals surface area (Å²) >= 11 is 0. The molecule has 15 heavy (non-hydrogen) atoms. The van der Waals surface area contributed by atoms with Crippen LogP contribution in [0.4, 0.5) is 0 Å². The standard InChI is InChI=1S/C11H19NO3/c1-7-10(11(13)14)12-8-5-3-2-4-6-9(8)15-7/h7-10,12H,2-6H2,1H3,(H,13,14). The highest BCUT2D eigenvalue weighted by Crippen LogP contribution is 2.26. The molecule has 0 amide bonds. The van der Waals surface area contributed by atoms with Crippen LogP contribution in [-0.2, 0) is 9.53 Å². The lowest BCUT2D eigenvalue weighted by molar-refractivity contribution is -0.152. The summed E-state index contributed by atoms with van der Waals surface area (Å²) < 4.78 is 5.80. The van der Waals surface area contributed by atoms with Crippen LogP contribution in [0, 0.1) is 0 Å². The monoisotopic (exact) mass is 213 g/mol. The Labute approximate surface area is 90.0 Å². The number of aliphatic carboxylic acids is 1. The van der Waals surface area contributed by atoms with Crippen molar-refractivity contribution in [1.29, 1.82) is 0 Å². The molecule has 1 heterocycles. The average molecular weight is 213 g/mol. The number of rotatable bonds is 1. The van der Waals surface area contributed by atoms with E-state index in [4.69, 9.17) is 9.84 Å². The third-order valence-corrected chi connectivity index (χ3v) is 3.47. The molecule has 4 unspecified atom stereocenters. The van der Waals surface area contributed by atoms with Crippen LogP contribution in [-0.4, -0.2) is 35.4 Å². The third kappa shape index (κ3) is 2.32. The Kier molecular flexibility index (Phi) is 3.26. The molecule has 4 atom stereocenters. The normalized spacial score (nSPS) is 41.7. The molecule has 0 aromatic carbocycles. The van der Waals surface area contributed by atoms with Crippen LogP contribution in [0.3, 0.4) is 0 Å². The minimum absolute atomic E-state index is 0.220. The van der Waals surface area contributed by atoms with E-state index < -0.39 is 12.0 Å². The van der Waals surface area contributed by atoms with Crippen molar-refractivity contribution in [3.05, 3.63) is 0 Å². The Bertz CT molecular complexity index is 244. The van der Waals surface area contributed by atoms with Gasteiger partial charge in [-0.1, -0.05) is 19.3 Å². The lowest BCUT2D eigenvalue weighted by Gasteiger charge is -2.39. The zero-order valence-electron chi connectivity index (χ0n) is 9.11. The minimum atomic E-state index is -0.801. The molecule has 1 saturated heterocycles. The number of ether oxygens (including phenoxy) is 1. The van der Waals surface area contributed by atoms with Gasteiger partial charge in [-0.25, -0.2) is 0 Å². The highest BCUT2D eigenvalue weighted by atomic mass is 16.5. The Morgan fingerprint density at radius 3 is 2.80 bits per heavy atom. The fourth-order valence-corrected chi connectivity index (χ4v) is 2.62. The molecule has 1 aliphatic heterocycles. The molecule has 1 saturated carbocycles. The van der Waals surface area contributed by atoms with Gasteiger partial charge in [-0.15, -0.1) is 0 Å². The van der Waals surface area contributed by atoms with Crippen molar-refractivity contribution in [3.8, 4) is 0 Å². The summed E-state index contributed by atoms with van der Waals surface area (Å²) in [6, 6.07) is -0.297. The molecule has 2 fully saturated rings. The Balaban J connectivity index is 2.04. The first-order valence-electron chi connectivity index (χ1n) is 5.83. The highest BCUT2D eigenvalue weighted by Gasteiger charge is 2.38. The molecule has 0 bridgehead atoms. The van der Waals surface area contributed by atoms with Crippen LogP contribution in [0.25, 0.3) is 0 Å². The van der Waals surface area contributed by atoms with Gasteiger partial charge in [-0.3, -0.25) is 10.1 Å². The molecule has 2 rings (SSSR count). The van der Waals surface area contributed by atoms with Gasteiger partial charge in [0.15, 0.2) is 0 Å². The zero-order valence-corrected chi connectivity index (χ0v) is 9.11. The lowest BCUT2D eigenvalue weighted by atomic mass is 9.99. The van der Waals surface area contributed by atoms with Crippen molar-refractivity contribution in [2.75, 3.05) is 0 Å². The lowest BCUT2D eigenvalue weighted by Crippen LogP contribution is -2.60. The van der Waals surface area contributed by atoms with Gasteiger partial charge in [0.25, 0.3) is 0 Å². The second-order valence-corrected chi connectivity index (χ2v) is 4.61. The number of hydrogen-bond donors (Lipinski definition) is 2. The van der Waals surface area contributed by atoms with Crippen molar-refractivity contribution in [2.45, 2.75) is 63.3 Å². The van der Waals surface area contributed by atoms with Crippen LogP contribution in [0.5, 0.6) is 0 Å². The Hall–Kier alpha value is -0.610. The molecular formula is C11H19NO3. The second kappa shape index (κ2) is 4.49. The van der Waals surface area contributed by atoms with E-state index in [0.29, 0.717) is 0 Å². The first-order valence-corrected chi connectivity index (χ1v) is 5.83. The molecule has 0 spiro atoms. The number of carbonyl (C=O) groups is 1. The largest absolute Gasteiger partial charge is 0.480 e. The van der Waals surface area contributed by atoms with E-state index in [1.807, 2.05) is 6.92 Å². The van der Waals surface area contributed by atoms with E-state index in [9.17, 15) is 4.79 Å². The van der Waals surface area contributed by atoms with Crippen LogP contribution in [0.15, 0.2) is 0 Å². The summed E-state index contributed by atoms with van der Waals surface area (Å²) in [5.74, 6) is -0.801. The van der Waals surface area contributed by atoms with E-state index in [1.165, 1.54) is 19.3 Å². The Morgan fingerprint density at radius 1 is 1.33 bits per heavy atom. The first kappa shape index (κ1) is 10.9. The SMILES string of the molecule is CC1OC2CCCCCC2NC1C(=O)O. The molecular weight excluding hydrogens is 194 g/mol. The fourth-order valence-electron chi connectivity index (χ4n) is 2.62. The van der Waals surface area contributed by atoms with Gasteiger partial charge in [0.1, 0.15) is 6.04 Å². The maximum absolute atomic E-state index is 11.0. The molecule has 4 nitrogen and oxygen atoms in total. The molecule has 2 aliphatic rings. The molecule has 2 N–H and O–H groups in total. The average Bonchev–Trinajstić information content (AvgIpc) is 2.40. The van der Waals surface area contributed by atoms with E-state index in [2.05, 4.69) is 5.32 Å². The van der Waals surface area contributed by atoms with Crippen molar-refractivity contribution in [1.82, 2.24) is 5.32 Å². The maximum atomic E-state index is 11.0. The van der Waals surface area contributed by atoms with Crippen LogP contribution in [0.2, 0.25) is 0 Å². The Morgan fingerprint density at radius 2 is 2.07 bits per heavy atom. The predicted octanol–water partition coefficient (Wildman–Crippen LogP) is 1.15. The first-order chi connectivity index (χ1) is 7.18. The number of carboxylic acids is 1. The smallest absolute Gasteiger partial charge is 0.323 e. The molecule has 4 heteroatoms. The van der Waals surface area contributed by atoms with Gasteiger partial charge < -0.3 is 9.84 Å². The molecule has 1 aliphatic carbocycles. The topological polar surface area (TPSA) is 58.6 Å². The van der Waals surface area contributed by atoms with Gasteiger partial charge in [-0.05, 0) is 19.8 Å². The number of carboxylic acid groups (broad SMARTS) is 1. The summed E-state index contributed by atoms with van der Waals surface area (Å²) in [6.07, 6.45) is 5.73. The summed E-state index contributed by atoms with van der Waals surface area (Å²) in [5, 5.41) is 12.2. The summed E-state index contributed by atoms with van der Waals surface area (Å²) in [6.45, 7) is 1.84. The molecule has 86 valence electrons. The molecule has 0 aromatic rings. The highest BCUT2D eigenvalue weighted by molar-refractivity contribution is 5.74. The fraction of sp³-hybridized carbons (Fsp3) is 0.909. The van der Waals surface area contributed by atoms with Gasteiger partial charge in [0.05, 0.1) is 12.2 Å². The number of morpholine rings is 1. The van der Waals surface area contributed by atoms with Gasteiger partial charge in [0, 0.05) is 6.04 Å². The number of hydrogen-bond acceptors (Lipinski definition) is 3. The van der Waals surface area contributed by atoms with Crippen LogP contribution < -0.4 is 5.32 Å². The summed E-state index contributed by atoms with van der Waals surface area (Å²) in [7, 11) is 0. The van der Waals surface area contributed by atoms with Crippen molar-refractivity contribution >= 4 is 5.97 Å². The maximum Gasteiger partial charge on any atom is 0.323 e. The molecule has 0 aromatic heterocycles. The van der Waals surface area contributed by atoms with Gasteiger partial charge in [0.2, 0.25) is 0 Å². The van der Waals surface area contributed by atoms with Crippen molar-refractivity contribution in [2.24, 2.45) is 0 Å². The number of nitrogens with one attached hydrogen (secondary N) is 1. The minimum Gasteiger partial charge on any atom is -0.480 e. The van der Waals surface area contributed by atoms with Crippen molar-refractivity contribution in [3.63, 3.8) is 0 Å². The second-order valence-electron chi connectivity index (χ2n) is 4.61. The van der Waals surface area contributed by atoms with E-state index in [-0.39, 0.29) is 18.2 Å². The number of fused-ring (bicyclic) bond motifs is 1. The molecule has 0 radical (unpaired) electrons. The predicted molar refractivity (Wildman–Crippen MR) is 55.8 cm³/mol. The third-order valence-electron chi connectivity index (χ3n) is 3.47. The quantitative estimate of drug-likeness (QED) is 0.686. The van der Waals surface area contributed by atoms with Crippen LogP contribution >= 0.6 is 0 Å². The summed E-state index contributed by atoms with van der Waals surface area (Å²) in [5.41, 5.74) is 0.